The van der Waals surface area contributed by atoms with Crippen molar-refractivity contribution in [3.8, 4) is 5.75 Å². The molecule has 2 unspecified atom stereocenters. The van der Waals surface area contributed by atoms with Crippen molar-refractivity contribution in [3.63, 3.8) is 0 Å². The van der Waals surface area contributed by atoms with Crippen molar-refractivity contribution in [2.24, 2.45) is 5.92 Å². The predicted octanol–water partition coefficient (Wildman–Crippen LogP) is 4.93. The van der Waals surface area contributed by atoms with E-state index in [1.807, 2.05) is 30.3 Å². The number of carbonyl (C=O) groups excluding carboxylic acids is 3. The summed E-state index contributed by atoms with van der Waals surface area (Å²) in [4.78, 5) is 42.4. The molecule has 11 heteroatoms. The van der Waals surface area contributed by atoms with Crippen molar-refractivity contribution in [2.45, 2.75) is 58.2 Å². The molecule has 4 rings (SSSR count). The number of amides is 3. The standard InChI is InChI=1S/C34H36F3N3O5/c1-22(2)31-33(44)40(20-30(42)38-28(32(43)34(35,36)37)17-24-11-6-4-7-12-24)29(19-39(31)23(3)41)26-15-10-16-27(18-26)45-21-25-13-8-5-9-14-25/h4-16,18-19,22,28,31-32,43H,17,20-21H2,1-3H3,(H,38,42)/t28?,31-,32?/m1/s1. The topological polar surface area (TPSA) is 99.2 Å². The highest BCUT2D eigenvalue weighted by Gasteiger charge is 2.45. The van der Waals surface area contributed by atoms with Crippen LogP contribution in [0.15, 0.2) is 91.1 Å². The van der Waals surface area contributed by atoms with Crippen molar-refractivity contribution in [1.82, 2.24) is 15.1 Å². The summed E-state index contributed by atoms with van der Waals surface area (Å²) in [5.74, 6) is -1.75. The molecule has 1 heterocycles. The summed E-state index contributed by atoms with van der Waals surface area (Å²) in [5, 5.41) is 12.4. The van der Waals surface area contributed by atoms with Gasteiger partial charge in [-0.05, 0) is 35.6 Å². The minimum absolute atomic E-state index is 0.198. The number of nitrogens with one attached hydrogen (secondary N) is 1. The molecule has 0 aromatic heterocycles. The molecule has 0 saturated heterocycles. The van der Waals surface area contributed by atoms with Crippen molar-refractivity contribution >= 4 is 23.4 Å². The van der Waals surface area contributed by atoms with E-state index < -0.39 is 48.6 Å². The number of alkyl halides is 3. The lowest BCUT2D eigenvalue weighted by molar-refractivity contribution is -0.212. The van der Waals surface area contributed by atoms with Crippen LogP contribution in [0.4, 0.5) is 13.2 Å². The van der Waals surface area contributed by atoms with Crippen LogP contribution in [0.25, 0.3) is 5.70 Å². The minimum Gasteiger partial charge on any atom is -0.489 e. The molecule has 2 N–H and O–H groups in total. The molecule has 3 atom stereocenters. The molecule has 0 bridgehead atoms. The summed E-state index contributed by atoms with van der Waals surface area (Å²) >= 11 is 0. The van der Waals surface area contributed by atoms with Gasteiger partial charge < -0.3 is 20.1 Å². The van der Waals surface area contributed by atoms with Crippen molar-refractivity contribution in [2.75, 3.05) is 6.54 Å². The van der Waals surface area contributed by atoms with Crippen LogP contribution in [0.3, 0.4) is 0 Å². The van der Waals surface area contributed by atoms with E-state index in [9.17, 15) is 32.7 Å². The average molecular weight is 624 g/mol. The summed E-state index contributed by atoms with van der Waals surface area (Å²) in [6, 6.07) is 21.7. The van der Waals surface area contributed by atoms with Gasteiger partial charge in [0.1, 0.15) is 24.9 Å². The highest BCUT2D eigenvalue weighted by Crippen LogP contribution is 2.32. The molecule has 1 aliphatic heterocycles. The zero-order valence-electron chi connectivity index (χ0n) is 25.2. The van der Waals surface area contributed by atoms with E-state index in [0.717, 1.165) is 10.5 Å². The first-order chi connectivity index (χ1) is 21.3. The van der Waals surface area contributed by atoms with Crippen LogP contribution in [-0.4, -0.2) is 63.5 Å². The van der Waals surface area contributed by atoms with E-state index in [-0.39, 0.29) is 24.6 Å². The van der Waals surface area contributed by atoms with Gasteiger partial charge in [-0.1, -0.05) is 86.6 Å². The van der Waals surface area contributed by atoms with Gasteiger partial charge in [0.15, 0.2) is 6.10 Å². The first-order valence-corrected chi connectivity index (χ1v) is 14.5. The maximum Gasteiger partial charge on any atom is 0.416 e. The van der Waals surface area contributed by atoms with Gasteiger partial charge in [-0.3, -0.25) is 19.3 Å². The number of aliphatic hydroxyl groups excluding tert-OH is 1. The number of hydrogen-bond donors (Lipinski definition) is 2. The van der Waals surface area contributed by atoms with Gasteiger partial charge in [0.25, 0.3) is 5.91 Å². The predicted molar refractivity (Wildman–Crippen MR) is 162 cm³/mol. The fourth-order valence-electron chi connectivity index (χ4n) is 5.19. The fraction of sp³-hybridized carbons (Fsp3) is 0.324. The van der Waals surface area contributed by atoms with Gasteiger partial charge in [0, 0.05) is 18.7 Å². The van der Waals surface area contributed by atoms with Crippen LogP contribution in [0.1, 0.15) is 37.5 Å². The Kier molecular flexibility index (Phi) is 10.7. The van der Waals surface area contributed by atoms with Gasteiger partial charge in [-0.15, -0.1) is 0 Å². The molecule has 3 aromatic carbocycles. The number of nitrogens with zero attached hydrogens (tertiary/aromatic N) is 2. The number of halogens is 3. The van der Waals surface area contributed by atoms with E-state index in [1.165, 1.54) is 18.0 Å². The van der Waals surface area contributed by atoms with Gasteiger partial charge in [0.05, 0.1) is 11.7 Å². The van der Waals surface area contributed by atoms with Gasteiger partial charge in [-0.2, -0.15) is 13.2 Å². The van der Waals surface area contributed by atoms with Crippen LogP contribution >= 0.6 is 0 Å². The first-order valence-electron chi connectivity index (χ1n) is 14.5. The number of aliphatic hydroxyl groups is 1. The van der Waals surface area contributed by atoms with Gasteiger partial charge >= 0.3 is 6.18 Å². The van der Waals surface area contributed by atoms with Crippen molar-refractivity contribution in [1.29, 1.82) is 0 Å². The summed E-state index contributed by atoms with van der Waals surface area (Å²) in [6.45, 7) is 4.45. The Hall–Kier alpha value is -4.64. The van der Waals surface area contributed by atoms with E-state index in [1.54, 1.807) is 68.4 Å². The molecule has 8 nitrogen and oxygen atoms in total. The molecule has 1 aliphatic rings. The summed E-state index contributed by atoms with van der Waals surface area (Å²) in [7, 11) is 0. The summed E-state index contributed by atoms with van der Waals surface area (Å²) in [5.41, 5.74) is 2.06. The number of rotatable bonds is 11. The normalized spacial score (nSPS) is 16.7. The smallest absolute Gasteiger partial charge is 0.416 e. The van der Waals surface area contributed by atoms with Gasteiger partial charge in [-0.25, -0.2) is 0 Å². The van der Waals surface area contributed by atoms with Crippen molar-refractivity contribution < 1.29 is 37.4 Å². The quantitative estimate of drug-likeness (QED) is 0.316. The largest absolute Gasteiger partial charge is 0.489 e. The zero-order chi connectivity index (χ0) is 32.7. The lowest BCUT2D eigenvalue weighted by Crippen LogP contribution is -2.57. The van der Waals surface area contributed by atoms with E-state index >= 15 is 0 Å². The number of benzene rings is 3. The SMILES string of the molecule is CC(=O)N1C=C(c2cccc(OCc3ccccc3)c2)N(CC(=O)NC(Cc2ccccc2)C(O)C(F)(F)F)C(=O)[C@H]1C(C)C. The Morgan fingerprint density at radius 3 is 2.16 bits per heavy atom. The maximum atomic E-state index is 13.9. The molecule has 0 radical (unpaired) electrons. The monoisotopic (exact) mass is 623 g/mol. The lowest BCUT2D eigenvalue weighted by atomic mass is 9.96. The highest BCUT2D eigenvalue weighted by molar-refractivity contribution is 5.99. The Labute approximate surface area is 260 Å². The highest BCUT2D eigenvalue weighted by atomic mass is 19.4. The molecule has 0 saturated carbocycles. The Balaban J connectivity index is 1.65. The molecule has 0 aliphatic carbocycles. The van der Waals surface area contributed by atoms with Crippen LogP contribution in [0, 0.1) is 5.92 Å². The first kappa shape index (κ1) is 33.3. The molecule has 238 valence electrons. The third-order valence-corrected chi connectivity index (χ3v) is 7.41. The third-order valence-electron chi connectivity index (χ3n) is 7.41. The van der Waals surface area contributed by atoms with Gasteiger partial charge in [0.2, 0.25) is 11.8 Å². The van der Waals surface area contributed by atoms with Crippen molar-refractivity contribution in [3.05, 3.63) is 108 Å². The Morgan fingerprint density at radius 1 is 0.956 bits per heavy atom. The van der Waals surface area contributed by atoms with Crippen LogP contribution in [0.2, 0.25) is 0 Å². The summed E-state index contributed by atoms with van der Waals surface area (Å²) < 4.78 is 46.7. The van der Waals surface area contributed by atoms with Crippen LogP contribution in [-0.2, 0) is 27.4 Å². The lowest BCUT2D eigenvalue weighted by Gasteiger charge is -2.41. The third kappa shape index (κ3) is 8.51. The number of carbonyl (C=O) groups is 3. The molecule has 45 heavy (non-hydrogen) atoms. The second-order valence-electron chi connectivity index (χ2n) is 11.2. The fourth-order valence-corrected chi connectivity index (χ4v) is 5.19. The molecule has 0 fully saturated rings. The second-order valence-corrected chi connectivity index (χ2v) is 11.2. The molecular weight excluding hydrogens is 587 g/mol. The molecular formula is C34H36F3N3O5. The molecule has 3 amide bonds. The maximum absolute atomic E-state index is 13.9. The minimum atomic E-state index is -5.00. The van der Waals surface area contributed by atoms with E-state index in [4.69, 9.17) is 4.74 Å². The number of ether oxygens (including phenoxy) is 1. The summed E-state index contributed by atoms with van der Waals surface area (Å²) in [6.07, 6.45) is -6.66. The Morgan fingerprint density at radius 2 is 1.58 bits per heavy atom. The van der Waals surface area contributed by atoms with Crippen LogP contribution < -0.4 is 10.1 Å². The molecule has 0 spiro atoms. The average Bonchev–Trinajstić information content (AvgIpc) is 3.00. The second kappa shape index (κ2) is 14.4. The van der Waals surface area contributed by atoms with E-state index in [0.29, 0.717) is 16.9 Å². The zero-order valence-corrected chi connectivity index (χ0v) is 25.2. The van der Waals surface area contributed by atoms with E-state index in [2.05, 4.69) is 5.32 Å². The Bertz CT molecular complexity index is 1510. The molecule has 3 aromatic rings. The van der Waals surface area contributed by atoms with Crippen LogP contribution in [0.5, 0.6) is 5.75 Å². The number of hydrogen-bond acceptors (Lipinski definition) is 5.